The van der Waals surface area contributed by atoms with E-state index in [1.807, 2.05) is 0 Å². The fourth-order valence-corrected chi connectivity index (χ4v) is 4.84. The Labute approximate surface area is 170 Å². The van der Waals surface area contributed by atoms with Crippen molar-refractivity contribution < 1.29 is 17.9 Å². The first-order valence-corrected chi connectivity index (χ1v) is 12.3. The SMILES string of the molecule is CS(=O)(=O)c1ccc(OCCCC(=O)Nc2nc3c(s2)CCCCCC3)cc1. The standard InChI is InChI=1S/C20H26N2O4S2/c1-28(24,25)16-12-10-15(11-13-16)26-14-6-9-19(23)22-20-21-17-7-4-2-3-5-8-18(17)27-20/h10-13H,2-9,14H2,1H3,(H,21,22,23). The molecule has 6 nitrogen and oxygen atoms in total. The van der Waals surface area contributed by atoms with Crippen LogP contribution in [0, 0.1) is 0 Å². The minimum Gasteiger partial charge on any atom is -0.494 e. The second-order valence-electron chi connectivity index (χ2n) is 7.05. The highest BCUT2D eigenvalue weighted by molar-refractivity contribution is 7.90. The van der Waals surface area contributed by atoms with Crippen LogP contribution in [0.5, 0.6) is 5.75 Å². The Hall–Kier alpha value is -1.93. The van der Waals surface area contributed by atoms with E-state index in [1.165, 1.54) is 48.9 Å². The molecule has 1 amide bonds. The van der Waals surface area contributed by atoms with Crippen LogP contribution >= 0.6 is 11.3 Å². The average molecular weight is 423 g/mol. The predicted octanol–water partition coefficient (Wildman–Crippen LogP) is 4.00. The van der Waals surface area contributed by atoms with Crippen molar-refractivity contribution in [2.24, 2.45) is 0 Å². The molecule has 3 rings (SSSR count). The maximum absolute atomic E-state index is 12.2. The number of carbonyl (C=O) groups excluding carboxylic acids is 1. The van der Waals surface area contributed by atoms with Crippen LogP contribution in [0.15, 0.2) is 29.2 Å². The van der Waals surface area contributed by atoms with Gasteiger partial charge in [-0.25, -0.2) is 13.4 Å². The van der Waals surface area contributed by atoms with E-state index in [0.29, 0.717) is 30.3 Å². The summed E-state index contributed by atoms with van der Waals surface area (Å²) < 4.78 is 28.5. The Morgan fingerprint density at radius 3 is 2.57 bits per heavy atom. The number of anilines is 1. The third kappa shape index (κ3) is 6.04. The predicted molar refractivity (Wildman–Crippen MR) is 111 cm³/mol. The lowest BCUT2D eigenvalue weighted by atomic mass is 10.0. The van der Waals surface area contributed by atoms with Crippen LogP contribution in [-0.4, -0.2) is 32.2 Å². The number of aryl methyl sites for hydroxylation is 2. The van der Waals surface area contributed by atoms with Gasteiger partial charge in [0, 0.05) is 17.6 Å². The van der Waals surface area contributed by atoms with E-state index < -0.39 is 9.84 Å². The molecule has 28 heavy (non-hydrogen) atoms. The number of amides is 1. The molecule has 1 aliphatic rings. The van der Waals surface area contributed by atoms with Crippen molar-refractivity contribution in [3.8, 4) is 5.75 Å². The third-order valence-electron chi connectivity index (χ3n) is 4.66. The number of sulfone groups is 1. The van der Waals surface area contributed by atoms with Gasteiger partial charge in [-0.1, -0.05) is 12.8 Å². The number of carbonyl (C=O) groups is 1. The molecular formula is C20H26N2O4S2. The van der Waals surface area contributed by atoms with E-state index in [1.54, 1.807) is 23.5 Å². The quantitative estimate of drug-likeness (QED) is 0.682. The zero-order valence-corrected chi connectivity index (χ0v) is 17.7. The van der Waals surface area contributed by atoms with E-state index in [0.717, 1.165) is 18.5 Å². The van der Waals surface area contributed by atoms with Crippen LogP contribution in [-0.2, 0) is 27.5 Å². The number of nitrogens with zero attached hydrogens (tertiary/aromatic N) is 1. The third-order valence-corrected chi connectivity index (χ3v) is 6.86. The van der Waals surface area contributed by atoms with Crippen molar-refractivity contribution >= 4 is 32.2 Å². The van der Waals surface area contributed by atoms with Crippen LogP contribution in [0.2, 0.25) is 0 Å². The molecule has 0 bridgehead atoms. The van der Waals surface area contributed by atoms with Gasteiger partial charge in [0.05, 0.1) is 17.2 Å². The highest BCUT2D eigenvalue weighted by Crippen LogP contribution is 2.28. The molecule has 2 aromatic rings. The zero-order valence-electron chi connectivity index (χ0n) is 16.1. The van der Waals surface area contributed by atoms with E-state index in [4.69, 9.17) is 4.74 Å². The number of hydrogen-bond acceptors (Lipinski definition) is 6. The van der Waals surface area contributed by atoms with Gasteiger partial charge in [0.1, 0.15) is 5.75 Å². The van der Waals surface area contributed by atoms with Gasteiger partial charge in [0.25, 0.3) is 0 Å². The minimum absolute atomic E-state index is 0.0576. The van der Waals surface area contributed by atoms with Gasteiger partial charge < -0.3 is 10.1 Å². The van der Waals surface area contributed by atoms with Crippen molar-refractivity contribution in [2.45, 2.75) is 56.3 Å². The maximum Gasteiger partial charge on any atom is 0.226 e. The number of rotatable bonds is 7. The summed E-state index contributed by atoms with van der Waals surface area (Å²) in [6, 6.07) is 6.29. The molecule has 0 aliphatic heterocycles. The molecule has 1 N–H and O–H groups in total. The van der Waals surface area contributed by atoms with Crippen LogP contribution in [0.1, 0.15) is 49.1 Å². The Morgan fingerprint density at radius 2 is 1.86 bits per heavy atom. The van der Waals surface area contributed by atoms with E-state index >= 15 is 0 Å². The molecule has 1 aliphatic carbocycles. The van der Waals surface area contributed by atoms with Gasteiger partial charge in [-0.3, -0.25) is 4.79 Å². The van der Waals surface area contributed by atoms with Gasteiger partial charge in [0.2, 0.25) is 5.91 Å². The summed E-state index contributed by atoms with van der Waals surface area (Å²) >= 11 is 1.60. The topological polar surface area (TPSA) is 85.4 Å². The molecule has 1 heterocycles. The molecule has 1 aromatic carbocycles. The van der Waals surface area contributed by atoms with Gasteiger partial charge in [-0.15, -0.1) is 11.3 Å². The summed E-state index contributed by atoms with van der Waals surface area (Å²) in [5.41, 5.74) is 1.15. The lowest BCUT2D eigenvalue weighted by Gasteiger charge is -2.07. The summed E-state index contributed by atoms with van der Waals surface area (Å²) in [7, 11) is -3.20. The fourth-order valence-electron chi connectivity index (χ4n) is 3.15. The molecule has 0 spiro atoms. The first kappa shape index (κ1) is 20.8. The number of fused-ring (bicyclic) bond motifs is 1. The summed E-state index contributed by atoms with van der Waals surface area (Å²) in [5.74, 6) is 0.533. The molecule has 0 saturated carbocycles. The lowest BCUT2D eigenvalue weighted by molar-refractivity contribution is -0.116. The highest BCUT2D eigenvalue weighted by Gasteiger charge is 2.14. The van der Waals surface area contributed by atoms with Gasteiger partial charge in [0.15, 0.2) is 15.0 Å². The molecule has 1 aromatic heterocycles. The van der Waals surface area contributed by atoms with E-state index in [2.05, 4.69) is 10.3 Å². The van der Waals surface area contributed by atoms with Crippen LogP contribution < -0.4 is 10.1 Å². The maximum atomic E-state index is 12.2. The molecule has 0 radical (unpaired) electrons. The first-order valence-electron chi connectivity index (χ1n) is 9.63. The fraction of sp³-hybridized carbons (Fsp3) is 0.500. The van der Waals surface area contributed by atoms with Gasteiger partial charge >= 0.3 is 0 Å². The summed E-state index contributed by atoms with van der Waals surface area (Å²) in [5, 5.41) is 3.61. The Balaban J connectivity index is 1.42. The second-order valence-corrected chi connectivity index (χ2v) is 10.1. The molecule has 152 valence electrons. The summed E-state index contributed by atoms with van der Waals surface area (Å²) in [4.78, 5) is 18.3. The van der Waals surface area contributed by atoms with Gasteiger partial charge in [-0.2, -0.15) is 0 Å². The van der Waals surface area contributed by atoms with E-state index in [-0.39, 0.29) is 10.8 Å². The number of benzene rings is 1. The second kappa shape index (κ2) is 9.52. The Morgan fingerprint density at radius 1 is 1.14 bits per heavy atom. The largest absolute Gasteiger partial charge is 0.494 e. The van der Waals surface area contributed by atoms with Crippen LogP contribution in [0.4, 0.5) is 5.13 Å². The minimum atomic E-state index is -3.20. The monoisotopic (exact) mass is 422 g/mol. The molecule has 0 saturated heterocycles. The zero-order chi connectivity index (χ0) is 20.0. The van der Waals surface area contributed by atoms with E-state index in [9.17, 15) is 13.2 Å². The Kier molecular flexibility index (Phi) is 7.07. The van der Waals surface area contributed by atoms with Gasteiger partial charge in [-0.05, 0) is 56.4 Å². The summed E-state index contributed by atoms with van der Waals surface area (Å²) in [6.45, 7) is 0.389. The van der Waals surface area contributed by atoms with Crippen LogP contribution in [0.25, 0.3) is 0 Å². The van der Waals surface area contributed by atoms with Crippen molar-refractivity contribution in [1.29, 1.82) is 0 Å². The molecule has 0 atom stereocenters. The highest BCUT2D eigenvalue weighted by atomic mass is 32.2. The molecular weight excluding hydrogens is 396 g/mol. The molecule has 0 fully saturated rings. The number of thiazole rings is 1. The van der Waals surface area contributed by atoms with Crippen molar-refractivity contribution in [3.05, 3.63) is 34.8 Å². The number of ether oxygens (including phenoxy) is 1. The first-order chi connectivity index (χ1) is 13.4. The number of hydrogen-bond donors (Lipinski definition) is 1. The number of aromatic nitrogens is 1. The normalized spacial score (nSPS) is 14.6. The molecule has 0 unspecified atom stereocenters. The van der Waals surface area contributed by atoms with Crippen molar-refractivity contribution in [2.75, 3.05) is 18.2 Å². The number of nitrogens with one attached hydrogen (secondary N) is 1. The smallest absolute Gasteiger partial charge is 0.226 e. The van der Waals surface area contributed by atoms with Crippen molar-refractivity contribution in [1.82, 2.24) is 4.98 Å². The lowest BCUT2D eigenvalue weighted by Crippen LogP contribution is -2.12. The van der Waals surface area contributed by atoms with Crippen molar-refractivity contribution in [3.63, 3.8) is 0 Å². The summed E-state index contributed by atoms with van der Waals surface area (Å²) in [6.07, 6.45) is 9.08. The van der Waals surface area contributed by atoms with Crippen LogP contribution in [0.3, 0.4) is 0 Å². The molecule has 8 heteroatoms. The Bertz CT molecular complexity index is 879. The average Bonchev–Trinajstić information content (AvgIpc) is 2.99.